The van der Waals surface area contributed by atoms with Gasteiger partial charge in [0.2, 0.25) is 11.7 Å². The topological polar surface area (TPSA) is 97.0 Å². The fraction of sp³-hybridized carbons (Fsp3) is 0.350. The number of hydrogen-bond donors (Lipinski definition) is 1. The van der Waals surface area contributed by atoms with Crippen LogP contribution in [0.25, 0.3) is 11.4 Å². The second-order valence-corrected chi connectivity index (χ2v) is 6.47. The molecule has 3 aromatic heterocycles. The van der Waals surface area contributed by atoms with Crippen LogP contribution < -0.4 is 5.32 Å². The number of carbonyl (C=O) groups is 1. The van der Waals surface area contributed by atoms with Crippen LogP contribution in [0.4, 0.5) is 4.79 Å². The third-order valence-corrected chi connectivity index (χ3v) is 4.47. The maximum absolute atomic E-state index is 12.7. The fourth-order valence-electron chi connectivity index (χ4n) is 2.91. The highest BCUT2D eigenvalue weighted by Crippen LogP contribution is 2.24. The van der Waals surface area contributed by atoms with E-state index in [1.54, 1.807) is 36.6 Å². The summed E-state index contributed by atoms with van der Waals surface area (Å²) in [6.07, 6.45) is 9.83. The molecule has 2 amide bonds. The maximum Gasteiger partial charge on any atom is 0.318 e. The highest BCUT2D eigenvalue weighted by molar-refractivity contribution is 5.74. The SMILES string of the molecule is CCCC[C@@H](c1cccnc1)N(C)C(=O)NCc1nc(-c2cccnc2)no1. The number of pyridine rings is 2. The Morgan fingerprint density at radius 1 is 1.21 bits per heavy atom. The van der Waals surface area contributed by atoms with Crippen molar-refractivity contribution in [1.82, 2.24) is 30.3 Å². The van der Waals surface area contributed by atoms with E-state index in [2.05, 4.69) is 32.3 Å². The van der Waals surface area contributed by atoms with Crippen molar-refractivity contribution < 1.29 is 9.32 Å². The second-order valence-electron chi connectivity index (χ2n) is 6.47. The van der Waals surface area contributed by atoms with Gasteiger partial charge in [0.05, 0.1) is 12.6 Å². The summed E-state index contributed by atoms with van der Waals surface area (Å²) >= 11 is 0. The van der Waals surface area contributed by atoms with Crippen molar-refractivity contribution in [2.24, 2.45) is 0 Å². The molecule has 8 heteroatoms. The molecule has 1 atom stereocenters. The van der Waals surface area contributed by atoms with E-state index in [0.717, 1.165) is 30.4 Å². The molecule has 3 aromatic rings. The third kappa shape index (κ3) is 4.91. The van der Waals surface area contributed by atoms with E-state index in [4.69, 9.17) is 4.52 Å². The van der Waals surface area contributed by atoms with Crippen LogP contribution in [-0.2, 0) is 6.54 Å². The first-order valence-electron chi connectivity index (χ1n) is 9.32. The molecule has 0 aliphatic heterocycles. The number of amides is 2. The lowest BCUT2D eigenvalue weighted by atomic mass is 10.0. The summed E-state index contributed by atoms with van der Waals surface area (Å²) in [4.78, 5) is 26.9. The van der Waals surface area contributed by atoms with Gasteiger partial charge < -0.3 is 14.7 Å². The van der Waals surface area contributed by atoms with Crippen molar-refractivity contribution in [1.29, 1.82) is 0 Å². The molecule has 1 N–H and O–H groups in total. The van der Waals surface area contributed by atoms with Crippen LogP contribution in [0, 0.1) is 0 Å². The van der Waals surface area contributed by atoms with E-state index >= 15 is 0 Å². The first kappa shape index (κ1) is 19.5. The molecule has 0 aliphatic rings. The third-order valence-electron chi connectivity index (χ3n) is 4.47. The van der Waals surface area contributed by atoms with Crippen molar-refractivity contribution in [2.45, 2.75) is 38.8 Å². The predicted molar refractivity (Wildman–Crippen MR) is 104 cm³/mol. The van der Waals surface area contributed by atoms with E-state index in [9.17, 15) is 4.79 Å². The zero-order valence-corrected chi connectivity index (χ0v) is 16.1. The zero-order chi connectivity index (χ0) is 19.8. The molecule has 0 saturated carbocycles. The predicted octanol–water partition coefficient (Wildman–Crippen LogP) is 3.60. The van der Waals surface area contributed by atoms with Crippen molar-refractivity contribution in [3.8, 4) is 11.4 Å². The van der Waals surface area contributed by atoms with Crippen LogP contribution in [0.5, 0.6) is 0 Å². The van der Waals surface area contributed by atoms with Crippen molar-refractivity contribution in [3.63, 3.8) is 0 Å². The summed E-state index contributed by atoms with van der Waals surface area (Å²) in [5, 5.41) is 6.78. The number of aromatic nitrogens is 4. The largest absolute Gasteiger partial charge is 0.337 e. The van der Waals surface area contributed by atoms with E-state index in [1.165, 1.54) is 0 Å². The van der Waals surface area contributed by atoms with Crippen LogP contribution in [0.1, 0.15) is 43.7 Å². The highest BCUT2D eigenvalue weighted by Gasteiger charge is 2.22. The first-order chi connectivity index (χ1) is 13.7. The van der Waals surface area contributed by atoms with Crippen LogP contribution in [-0.4, -0.2) is 38.1 Å². The Hall–Kier alpha value is -3.29. The molecule has 0 aromatic carbocycles. The molecule has 8 nitrogen and oxygen atoms in total. The molecular formula is C20H24N6O2. The van der Waals surface area contributed by atoms with Crippen molar-refractivity contribution >= 4 is 6.03 Å². The number of nitrogens with zero attached hydrogens (tertiary/aromatic N) is 5. The lowest BCUT2D eigenvalue weighted by molar-refractivity contribution is 0.184. The van der Waals surface area contributed by atoms with Gasteiger partial charge in [-0.25, -0.2) is 4.79 Å². The average Bonchev–Trinajstić information content (AvgIpc) is 3.22. The summed E-state index contributed by atoms with van der Waals surface area (Å²) in [6.45, 7) is 2.29. The van der Waals surface area contributed by atoms with E-state index in [1.807, 2.05) is 24.4 Å². The quantitative estimate of drug-likeness (QED) is 0.641. The number of carbonyl (C=O) groups excluding carboxylic acids is 1. The van der Waals surface area contributed by atoms with Crippen LogP contribution in [0.2, 0.25) is 0 Å². The van der Waals surface area contributed by atoms with Gasteiger partial charge >= 0.3 is 6.03 Å². The smallest absolute Gasteiger partial charge is 0.318 e. The highest BCUT2D eigenvalue weighted by atomic mass is 16.5. The van der Waals surface area contributed by atoms with E-state index in [0.29, 0.717) is 11.7 Å². The molecule has 0 unspecified atom stereocenters. The zero-order valence-electron chi connectivity index (χ0n) is 16.1. The molecule has 3 rings (SSSR count). The molecule has 0 bridgehead atoms. The Kier molecular flexibility index (Phi) is 6.67. The molecule has 0 aliphatic carbocycles. The van der Waals surface area contributed by atoms with E-state index in [-0.39, 0.29) is 18.6 Å². The number of urea groups is 1. The lowest BCUT2D eigenvalue weighted by Crippen LogP contribution is -2.39. The molecule has 0 radical (unpaired) electrons. The number of rotatable bonds is 8. The number of unbranched alkanes of at least 4 members (excludes halogenated alkanes) is 1. The van der Waals surface area contributed by atoms with Gasteiger partial charge in [-0.3, -0.25) is 9.97 Å². The Bertz CT molecular complexity index is 869. The minimum Gasteiger partial charge on any atom is -0.337 e. The van der Waals surface area contributed by atoms with Crippen molar-refractivity contribution in [2.75, 3.05) is 7.05 Å². The average molecular weight is 380 g/mol. The van der Waals surface area contributed by atoms with Crippen molar-refractivity contribution in [3.05, 3.63) is 60.5 Å². The summed E-state index contributed by atoms with van der Waals surface area (Å²) < 4.78 is 5.23. The normalized spacial score (nSPS) is 11.8. The van der Waals surface area contributed by atoms with Gasteiger partial charge in [-0.15, -0.1) is 0 Å². The number of hydrogen-bond acceptors (Lipinski definition) is 6. The van der Waals surface area contributed by atoms with Crippen LogP contribution in [0.15, 0.2) is 53.6 Å². The summed E-state index contributed by atoms with van der Waals surface area (Å²) in [5.74, 6) is 0.786. The van der Waals surface area contributed by atoms with Gasteiger partial charge in [0.15, 0.2) is 0 Å². The van der Waals surface area contributed by atoms with Gasteiger partial charge in [0.1, 0.15) is 0 Å². The second kappa shape index (κ2) is 9.59. The molecule has 3 heterocycles. The fourth-order valence-corrected chi connectivity index (χ4v) is 2.91. The van der Waals surface area contributed by atoms with Crippen LogP contribution >= 0.6 is 0 Å². The summed E-state index contributed by atoms with van der Waals surface area (Å²) in [7, 11) is 1.79. The molecule has 28 heavy (non-hydrogen) atoms. The first-order valence-corrected chi connectivity index (χ1v) is 9.32. The molecule has 0 fully saturated rings. The lowest BCUT2D eigenvalue weighted by Gasteiger charge is -2.28. The molecule has 0 saturated heterocycles. The van der Waals surface area contributed by atoms with Crippen LogP contribution in [0.3, 0.4) is 0 Å². The molecule has 146 valence electrons. The van der Waals surface area contributed by atoms with Gasteiger partial charge in [0.25, 0.3) is 0 Å². The minimum absolute atomic E-state index is 0.0395. The van der Waals surface area contributed by atoms with Gasteiger partial charge in [0, 0.05) is 37.4 Å². The van der Waals surface area contributed by atoms with E-state index < -0.39 is 0 Å². The van der Waals surface area contributed by atoms with Gasteiger partial charge in [-0.05, 0) is 30.2 Å². The maximum atomic E-state index is 12.7. The Morgan fingerprint density at radius 3 is 2.68 bits per heavy atom. The number of nitrogens with one attached hydrogen (secondary N) is 1. The molecular weight excluding hydrogens is 356 g/mol. The summed E-state index contributed by atoms with van der Waals surface area (Å²) in [5.41, 5.74) is 1.78. The Morgan fingerprint density at radius 2 is 2.00 bits per heavy atom. The Labute approximate surface area is 164 Å². The Balaban J connectivity index is 1.62. The minimum atomic E-state index is -0.203. The summed E-state index contributed by atoms with van der Waals surface area (Å²) in [6, 6.07) is 7.29. The van der Waals surface area contributed by atoms with Gasteiger partial charge in [-0.1, -0.05) is 31.0 Å². The van der Waals surface area contributed by atoms with Gasteiger partial charge in [-0.2, -0.15) is 4.98 Å². The monoisotopic (exact) mass is 380 g/mol. The standard InChI is InChI=1S/C20H24N6O2/c1-3-4-9-17(15-7-5-10-21-12-15)26(2)20(27)23-14-18-24-19(25-28-18)16-8-6-11-22-13-16/h5-8,10-13,17H,3-4,9,14H2,1-2H3,(H,23,27)/t17-/m0/s1. The molecule has 0 spiro atoms.